The van der Waals surface area contributed by atoms with Gasteiger partial charge in [-0.05, 0) is 25.0 Å². The van der Waals surface area contributed by atoms with Gasteiger partial charge in [0, 0.05) is 24.1 Å². The van der Waals surface area contributed by atoms with E-state index >= 15 is 0 Å². The number of aryl methyl sites for hydroxylation is 2. The first-order chi connectivity index (χ1) is 9.47. The van der Waals surface area contributed by atoms with Crippen LogP contribution >= 0.6 is 0 Å². The van der Waals surface area contributed by atoms with Crippen LogP contribution in [0.25, 0.3) is 0 Å². The average Bonchev–Trinajstić information content (AvgIpc) is 2.41. The molecule has 0 aliphatic carbocycles. The van der Waals surface area contributed by atoms with E-state index in [-0.39, 0.29) is 17.9 Å². The number of Topliss-reactive ketones (excluding diaryl/α,β-unsaturated/α-hetero) is 1. The van der Waals surface area contributed by atoms with E-state index in [0.717, 1.165) is 11.1 Å². The van der Waals surface area contributed by atoms with Crippen LogP contribution < -0.4 is 0 Å². The predicted molar refractivity (Wildman–Crippen MR) is 77.0 cm³/mol. The molecule has 0 saturated carbocycles. The summed E-state index contributed by atoms with van der Waals surface area (Å²) in [4.78, 5) is 22.5. The number of nitrogens with zero attached hydrogens (tertiary/aromatic N) is 1. The van der Waals surface area contributed by atoms with E-state index in [4.69, 9.17) is 0 Å². The Hall–Kier alpha value is -2.49. The minimum Gasteiger partial charge on any atom is -0.294 e. The van der Waals surface area contributed by atoms with Gasteiger partial charge >= 0.3 is 0 Å². The molecule has 0 aliphatic rings. The smallest absolute Gasteiger partial charge is 0.269 e. The van der Waals surface area contributed by atoms with Gasteiger partial charge in [0.2, 0.25) is 0 Å². The van der Waals surface area contributed by atoms with Gasteiger partial charge in [0.05, 0.1) is 4.92 Å². The van der Waals surface area contributed by atoms with Crippen molar-refractivity contribution in [2.24, 2.45) is 0 Å². The van der Waals surface area contributed by atoms with E-state index in [1.54, 1.807) is 18.2 Å². The SMILES string of the molecule is Cc1ccc(C(=O)Cc2cc([N+](=O)[O-])ccc2C)cc1. The standard InChI is InChI=1S/C16H15NO3/c1-11-3-6-13(7-4-11)16(18)10-14-9-15(17(19)20)8-5-12(14)2/h3-9H,10H2,1-2H3. The van der Waals surface area contributed by atoms with Crippen molar-refractivity contribution in [2.75, 3.05) is 0 Å². The molecule has 0 N–H and O–H groups in total. The molecule has 0 unspecified atom stereocenters. The maximum absolute atomic E-state index is 12.2. The summed E-state index contributed by atoms with van der Waals surface area (Å²) in [6.45, 7) is 3.81. The van der Waals surface area contributed by atoms with E-state index < -0.39 is 4.92 Å². The lowest BCUT2D eigenvalue weighted by atomic mass is 9.98. The third-order valence-electron chi connectivity index (χ3n) is 3.27. The average molecular weight is 269 g/mol. The zero-order valence-corrected chi connectivity index (χ0v) is 11.4. The quantitative estimate of drug-likeness (QED) is 0.483. The lowest BCUT2D eigenvalue weighted by Crippen LogP contribution is -2.05. The Morgan fingerprint density at radius 1 is 1.10 bits per heavy atom. The Labute approximate surface area is 117 Å². The van der Waals surface area contributed by atoms with Crippen molar-refractivity contribution in [3.63, 3.8) is 0 Å². The Kier molecular flexibility index (Phi) is 3.94. The third kappa shape index (κ3) is 3.09. The zero-order chi connectivity index (χ0) is 14.7. The topological polar surface area (TPSA) is 60.2 Å². The Morgan fingerprint density at radius 3 is 2.35 bits per heavy atom. The van der Waals surface area contributed by atoms with Gasteiger partial charge in [0.1, 0.15) is 0 Å². The maximum Gasteiger partial charge on any atom is 0.269 e. The van der Waals surface area contributed by atoms with Crippen molar-refractivity contribution in [1.29, 1.82) is 0 Å². The molecule has 0 heterocycles. The molecule has 0 amide bonds. The molecule has 0 aromatic heterocycles. The Balaban J connectivity index is 2.25. The second-order valence-corrected chi connectivity index (χ2v) is 4.83. The summed E-state index contributed by atoms with van der Waals surface area (Å²) in [6, 6.07) is 11.9. The van der Waals surface area contributed by atoms with E-state index in [0.29, 0.717) is 11.1 Å². The van der Waals surface area contributed by atoms with Gasteiger partial charge in [-0.2, -0.15) is 0 Å². The molecule has 2 rings (SSSR count). The number of ketones is 1. The molecule has 102 valence electrons. The van der Waals surface area contributed by atoms with Crippen molar-refractivity contribution in [2.45, 2.75) is 20.3 Å². The van der Waals surface area contributed by atoms with Crippen LogP contribution in [0, 0.1) is 24.0 Å². The highest BCUT2D eigenvalue weighted by Gasteiger charge is 2.13. The second kappa shape index (κ2) is 5.65. The summed E-state index contributed by atoms with van der Waals surface area (Å²) in [5.41, 5.74) is 3.32. The number of nitro groups is 1. The van der Waals surface area contributed by atoms with Gasteiger partial charge < -0.3 is 0 Å². The number of carbonyl (C=O) groups is 1. The summed E-state index contributed by atoms with van der Waals surface area (Å²) in [6.07, 6.45) is 0.177. The van der Waals surface area contributed by atoms with E-state index in [9.17, 15) is 14.9 Å². The highest BCUT2D eigenvalue weighted by Crippen LogP contribution is 2.19. The first-order valence-electron chi connectivity index (χ1n) is 6.31. The summed E-state index contributed by atoms with van der Waals surface area (Å²) in [7, 11) is 0. The highest BCUT2D eigenvalue weighted by atomic mass is 16.6. The molecule has 2 aromatic rings. The lowest BCUT2D eigenvalue weighted by Gasteiger charge is -2.05. The molecule has 0 fully saturated rings. The molecule has 20 heavy (non-hydrogen) atoms. The zero-order valence-electron chi connectivity index (χ0n) is 11.4. The number of carbonyl (C=O) groups excluding carboxylic acids is 1. The minimum absolute atomic E-state index is 0.0160. The molecule has 4 nitrogen and oxygen atoms in total. The highest BCUT2D eigenvalue weighted by molar-refractivity contribution is 5.97. The monoisotopic (exact) mass is 269 g/mol. The van der Waals surface area contributed by atoms with Crippen LogP contribution in [0.15, 0.2) is 42.5 Å². The van der Waals surface area contributed by atoms with Crippen LogP contribution in [0.3, 0.4) is 0 Å². The predicted octanol–water partition coefficient (Wildman–Crippen LogP) is 3.64. The van der Waals surface area contributed by atoms with Crippen molar-refractivity contribution >= 4 is 11.5 Å². The minimum atomic E-state index is -0.445. The number of hydrogen-bond donors (Lipinski definition) is 0. The number of hydrogen-bond acceptors (Lipinski definition) is 3. The van der Waals surface area contributed by atoms with E-state index in [1.165, 1.54) is 12.1 Å². The van der Waals surface area contributed by atoms with Crippen LogP contribution in [-0.4, -0.2) is 10.7 Å². The summed E-state index contributed by atoms with van der Waals surface area (Å²) < 4.78 is 0. The van der Waals surface area contributed by atoms with Gasteiger partial charge in [0.25, 0.3) is 5.69 Å². The van der Waals surface area contributed by atoms with Gasteiger partial charge in [-0.3, -0.25) is 14.9 Å². The molecular formula is C16H15NO3. The van der Waals surface area contributed by atoms with Crippen LogP contribution in [0.1, 0.15) is 27.0 Å². The number of benzene rings is 2. The van der Waals surface area contributed by atoms with Gasteiger partial charge in [-0.25, -0.2) is 0 Å². The molecule has 0 bridgehead atoms. The molecule has 0 spiro atoms. The second-order valence-electron chi connectivity index (χ2n) is 4.83. The fraction of sp³-hybridized carbons (Fsp3) is 0.188. The molecule has 0 atom stereocenters. The Morgan fingerprint density at radius 2 is 1.75 bits per heavy atom. The van der Waals surface area contributed by atoms with E-state index in [1.807, 2.05) is 26.0 Å². The molecule has 2 aromatic carbocycles. The molecule has 4 heteroatoms. The van der Waals surface area contributed by atoms with Crippen LogP contribution in [0.2, 0.25) is 0 Å². The van der Waals surface area contributed by atoms with Crippen LogP contribution in [0.4, 0.5) is 5.69 Å². The molecule has 0 saturated heterocycles. The summed E-state index contributed by atoms with van der Waals surface area (Å²) in [5.74, 6) is -0.0337. The van der Waals surface area contributed by atoms with Crippen molar-refractivity contribution in [3.05, 3.63) is 74.8 Å². The van der Waals surface area contributed by atoms with Crippen LogP contribution in [0.5, 0.6) is 0 Å². The van der Waals surface area contributed by atoms with Gasteiger partial charge in [-0.15, -0.1) is 0 Å². The van der Waals surface area contributed by atoms with E-state index in [2.05, 4.69) is 0 Å². The number of rotatable bonds is 4. The third-order valence-corrected chi connectivity index (χ3v) is 3.27. The van der Waals surface area contributed by atoms with Crippen molar-refractivity contribution < 1.29 is 9.72 Å². The van der Waals surface area contributed by atoms with Crippen LogP contribution in [-0.2, 0) is 6.42 Å². The first-order valence-corrected chi connectivity index (χ1v) is 6.31. The maximum atomic E-state index is 12.2. The normalized spacial score (nSPS) is 10.3. The molecule has 0 aliphatic heterocycles. The largest absolute Gasteiger partial charge is 0.294 e. The molecular weight excluding hydrogens is 254 g/mol. The lowest BCUT2D eigenvalue weighted by molar-refractivity contribution is -0.384. The first kappa shape index (κ1) is 13.9. The fourth-order valence-electron chi connectivity index (χ4n) is 1.98. The summed E-state index contributed by atoms with van der Waals surface area (Å²) in [5, 5.41) is 10.8. The van der Waals surface area contributed by atoms with Gasteiger partial charge in [0.15, 0.2) is 5.78 Å². The summed E-state index contributed by atoms with van der Waals surface area (Å²) >= 11 is 0. The fourth-order valence-corrected chi connectivity index (χ4v) is 1.98. The van der Waals surface area contributed by atoms with Crippen molar-refractivity contribution in [1.82, 2.24) is 0 Å². The number of nitro benzene ring substituents is 1. The van der Waals surface area contributed by atoms with Crippen molar-refractivity contribution in [3.8, 4) is 0 Å². The molecule has 0 radical (unpaired) electrons. The van der Waals surface area contributed by atoms with Gasteiger partial charge in [-0.1, -0.05) is 35.9 Å². The number of non-ortho nitro benzene ring substituents is 1. The Bertz CT molecular complexity index is 660.